The fraction of sp³-hybridized carbons (Fsp3) is 0. The van der Waals surface area contributed by atoms with Crippen molar-refractivity contribution in [2.45, 2.75) is 0 Å². The molecule has 0 aliphatic heterocycles. The van der Waals surface area contributed by atoms with Crippen molar-refractivity contribution in [2.24, 2.45) is 0 Å². The summed E-state index contributed by atoms with van der Waals surface area (Å²) in [7, 11) is 0. The molecule has 56 heavy (non-hydrogen) atoms. The van der Waals surface area contributed by atoms with Crippen molar-refractivity contribution in [1.82, 2.24) is 9.13 Å². The van der Waals surface area contributed by atoms with Crippen molar-refractivity contribution < 1.29 is 30.2 Å². The van der Waals surface area contributed by atoms with E-state index in [-0.39, 0.29) is 16.9 Å². The fourth-order valence-electron chi connectivity index (χ4n) is 7.21. The largest absolute Gasteiger partial charge is 0.309 e. The monoisotopic (exact) mass is 734 g/mol. The van der Waals surface area contributed by atoms with E-state index in [0.717, 1.165) is 0 Å². The minimum Gasteiger partial charge on any atom is -0.309 e. The Balaban J connectivity index is 1.07. The van der Waals surface area contributed by atoms with Gasteiger partial charge in [0.1, 0.15) is 0 Å². The van der Waals surface area contributed by atoms with Crippen molar-refractivity contribution in [3.63, 3.8) is 0 Å². The number of fused-ring (bicyclic) bond motifs is 6. The van der Waals surface area contributed by atoms with Gasteiger partial charge in [0.05, 0.1) is 52.2 Å². The van der Waals surface area contributed by atoms with Gasteiger partial charge in [-0.15, -0.1) is 0 Å². The fourth-order valence-corrected chi connectivity index (χ4v) is 7.21. The van der Waals surface area contributed by atoms with E-state index in [2.05, 4.69) is 0 Å². The maximum atomic E-state index is 9.47. The summed E-state index contributed by atoms with van der Waals surface area (Å²) in [5, 5.41) is 2.65. The van der Waals surface area contributed by atoms with Crippen LogP contribution < -0.4 is 0 Å². The van der Waals surface area contributed by atoms with Crippen molar-refractivity contribution in [2.75, 3.05) is 0 Å². The van der Waals surface area contributed by atoms with Crippen molar-refractivity contribution in [1.29, 1.82) is 0 Å². The number of aromatic nitrogens is 2. The molecule has 2 nitrogen and oxygen atoms in total. The molecule has 0 spiro atoms. The van der Waals surface area contributed by atoms with Gasteiger partial charge in [0, 0.05) is 32.9 Å². The van der Waals surface area contributed by atoms with Crippen LogP contribution in [0.2, 0.25) is 0 Å². The molecule has 2 heterocycles. The molecule has 0 amide bonds. The molecule has 11 rings (SSSR count). The highest BCUT2D eigenvalue weighted by Gasteiger charge is 2.16. The number of rotatable bonds is 6. The Morgan fingerprint density at radius 1 is 0.286 bits per heavy atom. The molecule has 0 saturated heterocycles. The minimum absolute atomic E-state index is 0.138. The highest BCUT2D eigenvalue weighted by molar-refractivity contribution is 6.12. The van der Waals surface area contributed by atoms with E-state index in [4.69, 9.17) is 23.3 Å². The van der Waals surface area contributed by atoms with Gasteiger partial charge in [-0.25, -0.2) is 0 Å². The molecule has 2 heteroatoms. The van der Waals surface area contributed by atoms with Crippen LogP contribution in [0, 0.1) is 0 Å². The van der Waals surface area contributed by atoms with Crippen molar-refractivity contribution in [3.05, 3.63) is 218 Å². The van der Waals surface area contributed by atoms with Gasteiger partial charge in [-0.2, -0.15) is 0 Å². The van der Waals surface area contributed by atoms with Crippen LogP contribution in [-0.2, 0) is 0 Å². The molecule has 0 fully saturated rings. The summed E-state index contributed by atoms with van der Waals surface area (Å²) >= 11 is 0. The van der Waals surface area contributed by atoms with Gasteiger partial charge in [-0.1, -0.05) is 157 Å². The highest BCUT2D eigenvalue weighted by atomic mass is 15.0. The zero-order chi connectivity index (χ0) is 56.1. The SMILES string of the molecule is [2H]c1c([2H])c([2H])c(-c2c([2H])c([2H])c(-c3c([2H])c([2H])c(-n4c5ccccc5c5cc(-c6ccc7c(c6)c6ccccc6n7-c6c([2H])c([2H])c([2H])c(-c7c([2H])c([2H])c([2H])c([2H])c7[2H])c6[2H])ccc54)c([2H])c3[2H])c([2H])c2[2H])c([2H])c1[2H]. The van der Waals surface area contributed by atoms with Crippen LogP contribution in [0.3, 0.4) is 0 Å². The lowest BCUT2D eigenvalue weighted by atomic mass is 10.00. The topological polar surface area (TPSA) is 9.86 Å². The van der Waals surface area contributed by atoms with Crippen LogP contribution in [0.5, 0.6) is 0 Å². The smallest absolute Gasteiger partial charge is 0.0651 e. The summed E-state index contributed by atoms with van der Waals surface area (Å²) in [5.41, 5.74) is -0.0388. The summed E-state index contributed by atoms with van der Waals surface area (Å²) in [6.45, 7) is 0. The summed E-state index contributed by atoms with van der Waals surface area (Å²) in [4.78, 5) is 0. The third-order valence-electron chi connectivity index (χ3n) is 9.72. The van der Waals surface area contributed by atoms with Gasteiger partial charge in [0.25, 0.3) is 0 Å². The third kappa shape index (κ3) is 5.34. The molecule has 0 N–H and O–H groups in total. The predicted octanol–water partition coefficient (Wildman–Crippen LogP) is 14.5. The Labute approximate surface area is 356 Å². The van der Waals surface area contributed by atoms with E-state index < -0.39 is 161 Å². The number of benzene rings is 9. The molecule has 0 radical (unpaired) electrons. The Morgan fingerprint density at radius 3 is 1.23 bits per heavy atom. The molecule has 2 aromatic heterocycles. The average Bonchev–Trinajstić information content (AvgIpc) is 4.12. The lowest BCUT2D eigenvalue weighted by Gasteiger charge is -2.11. The van der Waals surface area contributed by atoms with Gasteiger partial charge in [0.2, 0.25) is 0 Å². The molecule has 9 aromatic carbocycles. The maximum Gasteiger partial charge on any atom is 0.0651 e. The zero-order valence-electron chi connectivity index (χ0n) is 51.0. The summed E-state index contributed by atoms with van der Waals surface area (Å²) in [6.07, 6.45) is 0. The van der Waals surface area contributed by atoms with E-state index in [9.17, 15) is 6.85 Å². The first-order valence-corrected chi connectivity index (χ1v) is 17.5. The average molecular weight is 735 g/mol. The quantitative estimate of drug-likeness (QED) is 0.161. The number of hydrogen-bond donors (Lipinski definition) is 0. The molecule has 0 aliphatic carbocycles. The number of nitrogens with zero attached hydrogens (tertiary/aromatic N) is 2. The molecular weight excluding hydrogens is 677 g/mol. The van der Waals surface area contributed by atoms with E-state index in [1.54, 1.807) is 57.7 Å². The second-order valence-corrected chi connectivity index (χ2v) is 12.9. The zero-order valence-corrected chi connectivity index (χ0v) is 29.0. The normalized spacial score (nSPS) is 17.1. The standard InChI is InChI=1S/C54H36N2/c1-3-12-37(13-4-1)39-22-24-40(25-23-39)41-26-30-45(31-27-41)55-51-20-9-7-18-47(51)49-35-43(28-32-53(49)55)44-29-33-54-50(36-44)48-19-8-10-21-52(48)56(54)46-17-11-16-42(34-46)38-14-5-2-6-15-38/h1-36H/i1D,2D,3D,4D,5D,6D,11D,12D,13D,14D,15D,16D,17D,22D,23D,24D,25D,26D,27D,30D,31D,34D. The van der Waals surface area contributed by atoms with Gasteiger partial charge in [-0.3, -0.25) is 0 Å². The first-order chi connectivity index (χ1) is 36.9. The lowest BCUT2D eigenvalue weighted by Crippen LogP contribution is -1.94. The van der Waals surface area contributed by atoms with Gasteiger partial charge < -0.3 is 9.13 Å². The van der Waals surface area contributed by atoms with Crippen LogP contribution in [0.25, 0.3) is 99.5 Å². The van der Waals surface area contributed by atoms with Gasteiger partial charge in [0.15, 0.2) is 0 Å². The first kappa shape index (κ1) is 16.9. The van der Waals surface area contributed by atoms with Crippen molar-refractivity contribution in [3.8, 4) is 55.9 Å². The lowest BCUT2D eigenvalue weighted by molar-refractivity contribution is 1.18. The van der Waals surface area contributed by atoms with E-state index in [1.807, 2.05) is 36.4 Å². The molecule has 11 aromatic rings. The summed E-state index contributed by atoms with van der Waals surface area (Å²) in [6, 6.07) is 10.2. The van der Waals surface area contributed by atoms with Crippen LogP contribution in [0.1, 0.15) is 30.2 Å². The van der Waals surface area contributed by atoms with Crippen LogP contribution in [0.15, 0.2) is 218 Å². The minimum atomic E-state index is -0.816. The molecular formula is C54H36N2. The molecule has 0 atom stereocenters. The molecule has 0 bridgehead atoms. The predicted molar refractivity (Wildman–Crippen MR) is 237 cm³/mol. The summed E-state index contributed by atoms with van der Waals surface area (Å²) in [5.74, 6) is 0. The Hall–Kier alpha value is -7.42. The second kappa shape index (κ2) is 13.2. The van der Waals surface area contributed by atoms with E-state index >= 15 is 0 Å². The molecule has 0 aliphatic rings. The molecule has 0 unspecified atom stereocenters. The van der Waals surface area contributed by atoms with Crippen LogP contribution in [0.4, 0.5) is 0 Å². The highest BCUT2D eigenvalue weighted by Crippen LogP contribution is 2.39. The number of para-hydroxylation sites is 2. The Morgan fingerprint density at radius 2 is 0.696 bits per heavy atom. The molecule has 262 valence electrons. The first-order valence-electron chi connectivity index (χ1n) is 28.5. The second-order valence-electron chi connectivity index (χ2n) is 12.9. The Kier molecular flexibility index (Phi) is 3.98. The van der Waals surface area contributed by atoms with E-state index in [1.165, 1.54) is 0 Å². The molecule has 0 saturated carbocycles. The Bertz CT molecular complexity index is 4420. The van der Waals surface area contributed by atoms with Crippen LogP contribution in [-0.4, -0.2) is 9.13 Å². The van der Waals surface area contributed by atoms with E-state index in [0.29, 0.717) is 54.7 Å². The van der Waals surface area contributed by atoms with Gasteiger partial charge in [-0.05, 0) is 105 Å². The number of hydrogen-bond acceptors (Lipinski definition) is 0. The maximum absolute atomic E-state index is 9.47. The van der Waals surface area contributed by atoms with Crippen molar-refractivity contribution >= 4 is 43.6 Å². The van der Waals surface area contributed by atoms with Gasteiger partial charge >= 0.3 is 0 Å². The summed E-state index contributed by atoms with van der Waals surface area (Å²) < 4.78 is 196. The third-order valence-corrected chi connectivity index (χ3v) is 9.72. The van der Waals surface area contributed by atoms with Crippen LogP contribution >= 0.6 is 0 Å².